The third-order valence-corrected chi connectivity index (χ3v) is 3.83. The van der Waals surface area contributed by atoms with Crippen LogP contribution in [-0.4, -0.2) is 15.3 Å². The van der Waals surface area contributed by atoms with Gasteiger partial charge in [-0.15, -0.1) is 0 Å². The molecule has 0 radical (unpaired) electrons. The van der Waals surface area contributed by atoms with Gasteiger partial charge in [0.25, 0.3) is 5.91 Å². The van der Waals surface area contributed by atoms with Crippen LogP contribution in [0.3, 0.4) is 0 Å². The number of H-pyrrole nitrogens is 1. The van der Waals surface area contributed by atoms with Gasteiger partial charge < -0.3 is 10.3 Å². The maximum atomic E-state index is 12.3. The summed E-state index contributed by atoms with van der Waals surface area (Å²) in [6.45, 7) is 1.76. The Balaban J connectivity index is 2.02. The Kier molecular flexibility index (Phi) is 3.08. The average molecular weight is 285 g/mol. The SMILES string of the molecule is Cc1nsc2[nH]cc(C(=O)Nc3ccccc3)c(=O)c12. The fraction of sp³-hybridized carbons (Fsp3) is 0.0714. The molecule has 0 saturated heterocycles. The molecule has 5 nitrogen and oxygen atoms in total. The van der Waals surface area contributed by atoms with E-state index in [-0.39, 0.29) is 11.0 Å². The monoisotopic (exact) mass is 285 g/mol. The number of aromatic nitrogens is 2. The molecule has 0 bridgehead atoms. The number of nitrogens with zero attached hydrogens (tertiary/aromatic N) is 1. The summed E-state index contributed by atoms with van der Waals surface area (Å²) in [4.78, 5) is 28.1. The molecular weight excluding hydrogens is 274 g/mol. The maximum absolute atomic E-state index is 12.3. The maximum Gasteiger partial charge on any atom is 0.261 e. The first-order chi connectivity index (χ1) is 9.66. The molecule has 2 heterocycles. The summed E-state index contributed by atoms with van der Waals surface area (Å²) in [6, 6.07) is 9.02. The molecule has 3 aromatic rings. The van der Waals surface area contributed by atoms with Gasteiger partial charge in [-0.2, -0.15) is 4.37 Å². The second-order valence-electron chi connectivity index (χ2n) is 4.32. The number of carbonyl (C=O) groups excluding carboxylic acids is 1. The van der Waals surface area contributed by atoms with Gasteiger partial charge in [-0.1, -0.05) is 18.2 Å². The predicted molar refractivity (Wildman–Crippen MR) is 79.4 cm³/mol. The van der Waals surface area contributed by atoms with E-state index in [0.29, 0.717) is 21.6 Å². The van der Waals surface area contributed by atoms with Crippen LogP contribution in [-0.2, 0) is 0 Å². The number of benzene rings is 1. The molecule has 1 amide bonds. The molecule has 2 aromatic heterocycles. The minimum atomic E-state index is -0.426. The summed E-state index contributed by atoms with van der Waals surface area (Å²) in [7, 11) is 0. The lowest BCUT2D eigenvalue weighted by atomic mass is 10.2. The third-order valence-electron chi connectivity index (χ3n) is 2.96. The van der Waals surface area contributed by atoms with Crippen LogP contribution < -0.4 is 10.7 Å². The van der Waals surface area contributed by atoms with Crippen LogP contribution in [0.2, 0.25) is 0 Å². The highest BCUT2D eigenvalue weighted by atomic mass is 32.1. The molecule has 0 fully saturated rings. The van der Waals surface area contributed by atoms with Crippen molar-refractivity contribution in [1.29, 1.82) is 0 Å². The van der Waals surface area contributed by atoms with Gasteiger partial charge in [-0.25, -0.2) is 0 Å². The topological polar surface area (TPSA) is 74.8 Å². The van der Waals surface area contributed by atoms with E-state index in [9.17, 15) is 9.59 Å². The van der Waals surface area contributed by atoms with Crippen molar-refractivity contribution in [3.05, 3.63) is 58.0 Å². The van der Waals surface area contributed by atoms with E-state index in [1.165, 1.54) is 17.7 Å². The second kappa shape index (κ2) is 4.90. The first-order valence-corrected chi connectivity index (χ1v) is 6.78. The van der Waals surface area contributed by atoms with Crippen molar-refractivity contribution in [2.45, 2.75) is 6.92 Å². The molecule has 0 spiro atoms. The second-order valence-corrected chi connectivity index (χ2v) is 5.10. The van der Waals surface area contributed by atoms with E-state index in [1.807, 2.05) is 18.2 Å². The zero-order valence-electron chi connectivity index (χ0n) is 10.6. The Morgan fingerprint density at radius 1 is 1.30 bits per heavy atom. The lowest BCUT2D eigenvalue weighted by Gasteiger charge is -2.04. The number of hydrogen-bond acceptors (Lipinski definition) is 4. The van der Waals surface area contributed by atoms with E-state index in [0.717, 1.165) is 0 Å². The fourth-order valence-corrected chi connectivity index (χ4v) is 2.72. The van der Waals surface area contributed by atoms with Gasteiger partial charge in [-0.05, 0) is 30.6 Å². The van der Waals surface area contributed by atoms with Gasteiger partial charge >= 0.3 is 0 Å². The third kappa shape index (κ3) is 2.10. The van der Waals surface area contributed by atoms with Crippen LogP contribution in [0.5, 0.6) is 0 Å². The van der Waals surface area contributed by atoms with Crippen LogP contribution in [0.15, 0.2) is 41.3 Å². The molecule has 0 aliphatic carbocycles. The number of fused-ring (bicyclic) bond motifs is 1. The first kappa shape index (κ1) is 12.6. The molecule has 20 heavy (non-hydrogen) atoms. The number of aryl methyl sites for hydroxylation is 1. The summed E-state index contributed by atoms with van der Waals surface area (Å²) in [6.07, 6.45) is 1.43. The summed E-state index contributed by atoms with van der Waals surface area (Å²) in [5, 5.41) is 3.18. The summed E-state index contributed by atoms with van der Waals surface area (Å²) >= 11 is 1.22. The highest BCUT2D eigenvalue weighted by Gasteiger charge is 2.16. The van der Waals surface area contributed by atoms with E-state index in [4.69, 9.17) is 0 Å². The Morgan fingerprint density at radius 2 is 2.05 bits per heavy atom. The molecule has 1 aromatic carbocycles. The number of pyridine rings is 1. The van der Waals surface area contributed by atoms with Crippen molar-refractivity contribution in [2.75, 3.05) is 5.32 Å². The Hall–Kier alpha value is -2.47. The minimum Gasteiger partial charge on any atom is -0.351 e. The predicted octanol–water partition coefficient (Wildman–Crippen LogP) is 2.55. The summed E-state index contributed by atoms with van der Waals surface area (Å²) < 4.78 is 4.12. The smallest absolute Gasteiger partial charge is 0.261 e. The Bertz CT molecular complexity index is 836. The number of amides is 1. The van der Waals surface area contributed by atoms with E-state index in [2.05, 4.69) is 14.7 Å². The lowest BCUT2D eigenvalue weighted by molar-refractivity contribution is 0.102. The van der Waals surface area contributed by atoms with Gasteiger partial charge in [0.15, 0.2) is 0 Å². The number of aromatic amines is 1. The zero-order valence-corrected chi connectivity index (χ0v) is 11.5. The molecule has 0 unspecified atom stereocenters. The van der Waals surface area contributed by atoms with Crippen molar-refractivity contribution in [2.24, 2.45) is 0 Å². The molecule has 2 N–H and O–H groups in total. The highest BCUT2D eigenvalue weighted by molar-refractivity contribution is 7.12. The van der Waals surface area contributed by atoms with E-state index >= 15 is 0 Å². The van der Waals surface area contributed by atoms with Gasteiger partial charge in [0.05, 0.1) is 11.1 Å². The molecular formula is C14H11N3O2S. The van der Waals surface area contributed by atoms with Crippen LogP contribution in [0.25, 0.3) is 10.2 Å². The average Bonchev–Trinajstić information content (AvgIpc) is 2.82. The molecule has 0 atom stereocenters. The first-order valence-electron chi connectivity index (χ1n) is 6.01. The van der Waals surface area contributed by atoms with Crippen molar-refractivity contribution < 1.29 is 4.79 Å². The highest BCUT2D eigenvalue weighted by Crippen LogP contribution is 2.17. The molecule has 100 valence electrons. The van der Waals surface area contributed by atoms with Gasteiger partial charge in [0.1, 0.15) is 10.4 Å². The molecule has 0 aliphatic rings. The van der Waals surface area contributed by atoms with E-state index < -0.39 is 5.91 Å². The van der Waals surface area contributed by atoms with E-state index in [1.54, 1.807) is 19.1 Å². The van der Waals surface area contributed by atoms with Crippen LogP contribution in [0, 0.1) is 6.92 Å². The number of carbonyl (C=O) groups is 1. The number of rotatable bonds is 2. The van der Waals surface area contributed by atoms with Crippen molar-refractivity contribution >= 4 is 33.3 Å². The number of para-hydroxylation sites is 1. The normalized spacial score (nSPS) is 10.7. The summed E-state index contributed by atoms with van der Waals surface area (Å²) in [5.74, 6) is -0.426. The van der Waals surface area contributed by atoms with Crippen LogP contribution >= 0.6 is 11.5 Å². The number of nitrogens with one attached hydrogen (secondary N) is 2. The molecule has 3 rings (SSSR count). The quantitative estimate of drug-likeness (QED) is 0.759. The number of hydrogen-bond donors (Lipinski definition) is 2. The van der Waals surface area contributed by atoms with Gasteiger partial charge in [0.2, 0.25) is 5.43 Å². The van der Waals surface area contributed by atoms with Crippen LogP contribution in [0.1, 0.15) is 16.1 Å². The summed E-state index contributed by atoms with van der Waals surface area (Å²) in [5.41, 5.74) is 1.08. The van der Waals surface area contributed by atoms with Gasteiger partial charge in [-0.3, -0.25) is 9.59 Å². The minimum absolute atomic E-state index is 0.0876. The zero-order chi connectivity index (χ0) is 14.1. The lowest BCUT2D eigenvalue weighted by Crippen LogP contribution is -2.21. The molecule has 0 aliphatic heterocycles. The standard InChI is InChI=1S/C14H11N3O2S/c1-8-11-12(18)10(7-15-14(11)20-17-8)13(19)16-9-5-3-2-4-6-9/h2-7H,1H3,(H,15,18)(H,16,19). The Labute approximate surface area is 118 Å². The fourth-order valence-electron chi connectivity index (χ4n) is 1.96. The van der Waals surface area contributed by atoms with Gasteiger partial charge in [0, 0.05) is 11.9 Å². The number of anilines is 1. The largest absolute Gasteiger partial charge is 0.351 e. The Morgan fingerprint density at radius 3 is 2.80 bits per heavy atom. The van der Waals surface area contributed by atoms with Crippen LogP contribution in [0.4, 0.5) is 5.69 Å². The van der Waals surface area contributed by atoms with Crippen molar-refractivity contribution in [1.82, 2.24) is 9.36 Å². The molecule has 6 heteroatoms. The van der Waals surface area contributed by atoms with Crippen molar-refractivity contribution in [3.8, 4) is 0 Å². The molecule has 0 saturated carbocycles. The van der Waals surface area contributed by atoms with Crippen molar-refractivity contribution in [3.63, 3.8) is 0 Å².